The molecule has 2 heterocycles. The van der Waals surface area contributed by atoms with Gasteiger partial charge in [0.15, 0.2) is 11.3 Å². The Kier molecular flexibility index (Phi) is 3.66. The van der Waals surface area contributed by atoms with Crippen LogP contribution in [-0.4, -0.2) is 14.4 Å². The fraction of sp³-hybridized carbons (Fsp3) is 0.0714. The molecule has 0 fully saturated rings. The van der Waals surface area contributed by atoms with Gasteiger partial charge in [-0.1, -0.05) is 23.2 Å². The lowest BCUT2D eigenvalue weighted by atomic mass is 10.1. The van der Waals surface area contributed by atoms with Gasteiger partial charge in [0.2, 0.25) is 0 Å². The van der Waals surface area contributed by atoms with Crippen molar-refractivity contribution in [2.24, 2.45) is 0 Å². The highest BCUT2D eigenvalue weighted by molar-refractivity contribution is 6.36. The minimum atomic E-state index is -4.65. The number of nitrogens with zero attached hydrogens (tertiary/aromatic N) is 4. The molecule has 0 saturated carbocycles. The molecule has 9 heteroatoms. The van der Waals surface area contributed by atoms with Crippen LogP contribution in [-0.2, 0) is 6.18 Å². The number of rotatable bonds is 1. The van der Waals surface area contributed by atoms with E-state index in [1.54, 1.807) is 6.07 Å². The van der Waals surface area contributed by atoms with Crippen LogP contribution in [0.15, 0.2) is 30.6 Å². The normalized spacial score (nSPS) is 11.7. The molecule has 0 unspecified atom stereocenters. The molecule has 0 atom stereocenters. The zero-order valence-electron chi connectivity index (χ0n) is 11.1. The van der Waals surface area contributed by atoms with Crippen molar-refractivity contribution in [3.63, 3.8) is 0 Å². The number of hydrogen-bond acceptors (Lipinski definition) is 3. The molecule has 0 radical (unpaired) electrons. The summed E-state index contributed by atoms with van der Waals surface area (Å²) in [6, 6.07) is 6.92. The summed E-state index contributed by atoms with van der Waals surface area (Å²) < 4.78 is 40.6. The molecule has 0 N–H and O–H groups in total. The molecule has 4 nitrogen and oxygen atoms in total. The maximum atomic E-state index is 13.3. The highest BCUT2D eigenvalue weighted by Gasteiger charge is 2.35. The first-order chi connectivity index (χ1) is 10.8. The highest BCUT2D eigenvalue weighted by Crippen LogP contribution is 2.35. The van der Waals surface area contributed by atoms with Gasteiger partial charge in [-0.3, -0.25) is 4.40 Å². The predicted molar refractivity (Wildman–Crippen MR) is 78.2 cm³/mol. The molecule has 0 bridgehead atoms. The second-order valence-corrected chi connectivity index (χ2v) is 5.39. The average molecular weight is 357 g/mol. The molecule has 0 aliphatic rings. The summed E-state index contributed by atoms with van der Waals surface area (Å²) in [5, 5.41) is 9.48. The van der Waals surface area contributed by atoms with E-state index in [2.05, 4.69) is 9.97 Å². The van der Waals surface area contributed by atoms with E-state index >= 15 is 0 Å². The summed E-state index contributed by atoms with van der Waals surface area (Å²) in [5.41, 5.74) is -1.15. The van der Waals surface area contributed by atoms with Crippen molar-refractivity contribution in [3.8, 4) is 17.3 Å². The van der Waals surface area contributed by atoms with Crippen LogP contribution in [0.5, 0.6) is 0 Å². The molecule has 0 saturated heterocycles. The summed E-state index contributed by atoms with van der Waals surface area (Å²) in [7, 11) is 0. The predicted octanol–water partition coefficient (Wildman–Crippen LogP) is 4.59. The van der Waals surface area contributed by atoms with Crippen molar-refractivity contribution < 1.29 is 13.2 Å². The summed E-state index contributed by atoms with van der Waals surface area (Å²) >= 11 is 11.8. The Labute approximate surface area is 137 Å². The molecular formula is C14H5Cl2F3N4. The maximum absolute atomic E-state index is 13.3. The summed E-state index contributed by atoms with van der Waals surface area (Å²) in [6.07, 6.45) is -3.74. The van der Waals surface area contributed by atoms with Crippen molar-refractivity contribution in [3.05, 3.63) is 52.0 Å². The van der Waals surface area contributed by atoms with Crippen LogP contribution < -0.4 is 0 Å². The van der Waals surface area contributed by atoms with Crippen LogP contribution >= 0.6 is 23.2 Å². The molecule has 0 aliphatic carbocycles. The zero-order chi connectivity index (χ0) is 16.8. The first-order valence-electron chi connectivity index (χ1n) is 6.12. The molecule has 2 aromatic heterocycles. The van der Waals surface area contributed by atoms with E-state index in [0.29, 0.717) is 5.02 Å². The lowest BCUT2D eigenvalue weighted by Gasteiger charge is -2.12. The third-order valence-corrected chi connectivity index (χ3v) is 3.65. The number of alkyl halides is 3. The van der Waals surface area contributed by atoms with Crippen LogP contribution in [0.2, 0.25) is 10.0 Å². The zero-order valence-corrected chi connectivity index (χ0v) is 12.6. The van der Waals surface area contributed by atoms with Crippen molar-refractivity contribution in [2.75, 3.05) is 0 Å². The van der Waals surface area contributed by atoms with Gasteiger partial charge in [0.1, 0.15) is 18.1 Å². The second kappa shape index (κ2) is 5.41. The van der Waals surface area contributed by atoms with E-state index in [-0.39, 0.29) is 27.6 Å². The number of halogens is 5. The number of hydrogen-bond donors (Lipinski definition) is 0. The van der Waals surface area contributed by atoms with Crippen molar-refractivity contribution >= 4 is 28.8 Å². The van der Waals surface area contributed by atoms with Crippen molar-refractivity contribution in [1.82, 2.24) is 14.4 Å². The van der Waals surface area contributed by atoms with Gasteiger partial charge >= 0.3 is 6.18 Å². The number of fused-ring (bicyclic) bond motifs is 1. The Bertz CT molecular complexity index is 957. The Morgan fingerprint density at radius 3 is 2.52 bits per heavy atom. The number of nitriles is 1. The summed E-state index contributed by atoms with van der Waals surface area (Å²) in [6.45, 7) is 0. The van der Waals surface area contributed by atoms with Crippen LogP contribution in [0.25, 0.3) is 16.9 Å². The molecule has 1 aromatic carbocycles. The minimum absolute atomic E-state index is 0.0245. The standard InChI is InChI=1S/C14H5Cl2F3N4/c15-7-1-2-8(9(16)3-7)10-4-12(14(17,18)19)23-6-21-11(5-20)13(23)22-10/h1-4,6H. The Morgan fingerprint density at radius 1 is 1.17 bits per heavy atom. The van der Waals surface area contributed by atoms with Crippen LogP contribution in [0.4, 0.5) is 13.2 Å². The van der Waals surface area contributed by atoms with Crippen LogP contribution in [0, 0.1) is 11.3 Å². The van der Waals surface area contributed by atoms with E-state index in [9.17, 15) is 13.2 Å². The SMILES string of the molecule is N#Cc1ncn2c(C(F)(F)F)cc(-c3ccc(Cl)cc3Cl)nc12. The van der Waals surface area contributed by atoms with Crippen molar-refractivity contribution in [2.45, 2.75) is 6.18 Å². The van der Waals surface area contributed by atoms with Gasteiger partial charge in [0.05, 0.1) is 10.7 Å². The third-order valence-electron chi connectivity index (χ3n) is 3.11. The number of imidazole rings is 1. The Balaban J connectivity index is 2.36. The maximum Gasteiger partial charge on any atom is 0.431 e. The molecule has 0 amide bonds. The Hall–Kier alpha value is -2.30. The van der Waals surface area contributed by atoms with Crippen LogP contribution in [0.1, 0.15) is 11.4 Å². The van der Waals surface area contributed by atoms with Gasteiger partial charge in [-0.2, -0.15) is 18.4 Å². The largest absolute Gasteiger partial charge is 0.431 e. The topological polar surface area (TPSA) is 54.0 Å². The van der Waals surface area contributed by atoms with Gasteiger partial charge in [-0.15, -0.1) is 0 Å². The molecular weight excluding hydrogens is 352 g/mol. The van der Waals surface area contributed by atoms with E-state index in [1.165, 1.54) is 18.2 Å². The first-order valence-corrected chi connectivity index (χ1v) is 6.87. The lowest BCUT2D eigenvalue weighted by molar-refractivity contribution is -0.142. The molecule has 3 aromatic rings. The smallest absolute Gasteiger partial charge is 0.278 e. The monoisotopic (exact) mass is 356 g/mol. The minimum Gasteiger partial charge on any atom is -0.278 e. The molecule has 0 aliphatic heterocycles. The van der Waals surface area contributed by atoms with Crippen LogP contribution in [0.3, 0.4) is 0 Å². The van der Waals surface area contributed by atoms with E-state index in [1.807, 2.05) is 0 Å². The van der Waals surface area contributed by atoms with Gasteiger partial charge in [0.25, 0.3) is 0 Å². The molecule has 0 spiro atoms. The highest BCUT2D eigenvalue weighted by atomic mass is 35.5. The summed E-state index contributed by atoms with van der Waals surface area (Å²) in [5.74, 6) is 0. The second-order valence-electron chi connectivity index (χ2n) is 4.55. The quantitative estimate of drug-likeness (QED) is 0.640. The average Bonchev–Trinajstić information content (AvgIpc) is 2.88. The molecule has 116 valence electrons. The third kappa shape index (κ3) is 2.71. The fourth-order valence-electron chi connectivity index (χ4n) is 2.10. The van der Waals surface area contributed by atoms with E-state index < -0.39 is 11.9 Å². The summed E-state index contributed by atoms with van der Waals surface area (Å²) in [4.78, 5) is 7.74. The van der Waals surface area contributed by atoms with Gasteiger partial charge in [-0.05, 0) is 24.3 Å². The van der Waals surface area contributed by atoms with Crippen molar-refractivity contribution in [1.29, 1.82) is 5.26 Å². The molecule has 23 heavy (non-hydrogen) atoms. The first kappa shape index (κ1) is 15.6. The number of benzene rings is 1. The van der Waals surface area contributed by atoms with E-state index in [4.69, 9.17) is 28.5 Å². The lowest BCUT2D eigenvalue weighted by Crippen LogP contribution is -2.12. The van der Waals surface area contributed by atoms with Gasteiger partial charge in [-0.25, -0.2) is 9.97 Å². The number of aromatic nitrogens is 3. The Morgan fingerprint density at radius 2 is 1.91 bits per heavy atom. The molecule has 3 rings (SSSR count). The van der Waals surface area contributed by atoms with Gasteiger partial charge in [0, 0.05) is 10.6 Å². The fourth-order valence-corrected chi connectivity index (χ4v) is 2.61. The van der Waals surface area contributed by atoms with Gasteiger partial charge < -0.3 is 0 Å². The van der Waals surface area contributed by atoms with E-state index in [0.717, 1.165) is 16.8 Å².